The zero-order chi connectivity index (χ0) is 19.6. The molecule has 0 N–H and O–H groups in total. The van der Waals surface area contributed by atoms with Gasteiger partial charge in [-0.25, -0.2) is 4.79 Å². The second-order valence-electron chi connectivity index (χ2n) is 6.77. The van der Waals surface area contributed by atoms with E-state index in [1.165, 1.54) is 25.1 Å². The summed E-state index contributed by atoms with van der Waals surface area (Å²) >= 11 is 0. The molecule has 0 aromatic heterocycles. The Bertz CT molecular complexity index is 885. The van der Waals surface area contributed by atoms with Crippen LogP contribution in [-0.4, -0.2) is 15.8 Å². The first-order valence-corrected chi connectivity index (χ1v) is 7.78. The van der Waals surface area contributed by atoms with E-state index in [0.29, 0.717) is 0 Å². The van der Waals surface area contributed by atoms with Crippen LogP contribution in [0.2, 0.25) is 0 Å². The zero-order valence-corrected chi connectivity index (χ0v) is 14.8. The molecule has 136 valence electrons. The third-order valence-electron chi connectivity index (χ3n) is 3.87. The predicted molar refractivity (Wildman–Crippen MR) is 94.6 cm³/mol. The van der Waals surface area contributed by atoms with E-state index in [-0.39, 0.29) is 28.1 Å². The van der Waals surface area contributed by atoms with Gasteiger partial charge >= 0.3 is 11.7 Å². The Morgan fingerprint density at radius 1 is 1.04 bits per heavy atom. The summed E-state index contributed by atoms with van der Waals surface area (Å²) < 4.78 is 5.36. The lowest BCUT2D eigenvalue weighted by Gasteiger charge is -2.22. The molecule has 0 radical (unpaired) electrons. The Labute approximate surface area is 149 Å². The van der Waals surface area contributed by atoms with Crippen LogP contribution in [0, 0.1) is 27.2 Å². The van der Waals surface area contributed by atoms with Crippen molar-refractivity contribution in [2.45, 2.75) is 33.1 Å². The van der Waals surface area contributed by atoms with Gasteiger partial charge in [0.25, 0.3) is 5.69 Å². The molecule has 0 spiro atoms. The molecule has 0 aliphatic carbocycles. The van der Waals surface area contributed by atoms with E-state index in [2.05, 4.69) is 0 Å². The molecule has 0 aliphatic heterocycles. The van der Waals surface area contributed by atoms with Crippen molar-refractivity contribution in [3.63, 3.8) is 0 Å². The lowest BCUT2D eigenvalue weighted by atomic mass is 9.84. The number of nitro groups is 2. The van der Waals surface area contributed by atoms with Crippen LogP contribution in [0.4, 0.5) is 11.4 Å². The molecule has 0 unspecified atom stereocenters. The Morgan fingerprint density at radius 2 is 1.62 bits per heavy atom. The van der Waals surface area contributed by atoms with Crippen LogP contribution in [0.25, 0.3) is 0 Å². The first kappa shape index (κ1) is 19.0. The molecule has 0 amide bonds. The smallest absolute Gasteiger partial charge is 0.343 e. The number of nitro benzene ring substituents is 2. The highest BCUT2D eigenvalue weighted by atomic mass is 16.6. The van der Waals surface area contributed by atoms with Gasteiger partial charge in [-0.3, -0.25) is 20.2 Å². The summed E-state index contributed by atoms with van der Waals surface area (Å²) in [6.07, 6.45) is 0. The monoisotopic (exact) mass is 358 g/mol. The highest BCUT2D eigenvalue weighted by molar-refractivity contribution is 5.92. The minimum Gasteiger partial charge on any atom is -0.415 e. The fraction of sp³-hybridized carbons (Fsp3) is 0.278. The molecule has 26 heavy (non-hydrogen) atoms. The Hall–Kier alpha value is -3.29. The molecular formula is C18H18N2O6. The number of benzene rings is 2. The normalized spacial score (nSPS) is 11.1. The SMILES string of the molecule is Cc1c([N+](=O)[O-])cc(C(C)(C)C)c(OC(=O)c2ccccc2)c1[N+](=O)[O-]. The summed E-state index contributed by atoms with van der Waals surface area (Å²) in [7, 11) is 0. The summed E-state index contributed by atoms with van der Waals surface area (Å²) in [5, 5.41) is 22.9. The topological polar surface area (TPSA) is 113 Å². The van der Waals surface area contributed by atoms with E-state index in [4.69, 9.17) is 4.74 Å². The van der Waals surface area contributed by atoms with E-state index < -0.39 is 26.9 Å². The van der Waals surface area contributed by atoms with E-state index in [0.717, 1.165) is 0 Å². The van der Waals surface area contributed by atoms with E-state index >= 15 is 0 Å². The predicted octanol–water partition coefficient (Wildman–Crippen LogP) is 4.33. The maximum absolute atomic E-state index is 12.4. The molecule has 0 aliphatic rings. The maximum Gasteiger partial charge on any atom is 0.343 e. The molecule has 2 rings (SSSR count). The quantitative estimate of drug-likeness (QED) is 0.348. The summed E-state index contributed by atoms with van der Waals surface area (Å²) in [6.45, 7) is 6.45. The summed E-state index contributed by atoms with van der Waals surface area (Å²) in [5.74, 6) is -1.04. The molecule has 0 atom stereocenters. The first-order chi connectivity index (χ1) is 12.0. The van der Waals surface area contributed by atoms with Gasteiger partial charge in [-0.15, -0.1) is 0 Å². The maximum atomic E-state index is 12.4. The molecule has 0 saturated heterocycles. The molecule has 8 nitrogen and oxygen atoms in total. The third kappa shape index (κ3) is 3.69. The van der Waals surface area contributed by atoms with Gasteiger partial charge in [0.2, 0.25) is 5.75 Å². The number of ether oxygens (including phenoxy) is 1. The zero-order valence-electron chi connectivity index (χ0n) is 14.8. The van der Waals surface area contributed by atoms with Crippen molar-refractivity contribution in [1.82, 2.24) is 0 Å². The summed E-state index contributed by atoms with van der Waals surface area (Å²) in [6, 6.07) is 9.26. The molecule has 0 fully saturated rings. The standard InChI is InChI=1S/C18H18N2O6/c1-11-14(19(22)23)10-13(18(2,3)4)16(15(11)20(24)25)26-17(21)12-8-6-5-7-9-12/h5-10H,1-4H3. The van der Waals surface area contributed by atoms with Crippen LogP contribution < -0.4 is 4.74 Å². The van der Waals surface area contributed by atoms with E-state index in [1.807, 2.05) is 0 Å². The van der Waals surface area contributed by atoms with Crippen molar-refractivity contribution in [2.24, 2.45) is 0 Å². The van der Waals surface area contributed by atoms with Gasteiger partial charge in [0.05, 0.1) is 15.4 Å². The number of hydrogen-bond donors (Lipinski definition) is 0. The van der Waals surface area contributed by atoms with Crippen LogP contribution in [0.1, 0.15) is 42.3 Å². The van der Waals surface area contributed by atoms with Crippen LogP contribution in [-0.2, 0) is 5.41 Å². The molecule has 2 aromatic rings. The van der Waals surface area contributed by atoms with E-state index in [9.17, 15) is 25.0 Å². The van der Waals surface area contributed by atoms with Crippen LogP contribution in [0.15, 0.2) is 36.4 Å². The number of nitrogens with zero attached hydrogens (tertiary/aromatic N) is 2. The number of rotatable bonds is 4. The van der Waals surface area contributed by atoms with Crippen molar-refractivity contribution in [3.05, 3.63) is 73.3 Å². The minimum atomic E-state index is -0.771. The van der Waals surface area contributed by atoms with E-state index in [1.54, 1.807) is 39.0 Å². The Kier molecular flexibility index (Phi) is 5.06. The number of carbonyl (C=O) groups is 1. The minimum absolute atomic E-state index is 0.163. The second kappa shape index (κ2) is 6.91. The van der Waals surface area contributed by atoms with Crippen molar-refractivity contribution in [3.8, 4) is 5.75 Å². The largest absolute Gasteiger partial charge is 0.415 e. The van der Waals surface area contributed by atoms with Crippen molar-refractivity contribution in [1.29, 1.82) is 0 Å². The van der Waals surface area contributed by atoms with Crippen LogP contribution >= 0.6 is 0 Å². The highest BCUT2D eigenvalue weighted by Gasteiger charge is 2.35. The number of carbonyl (C=O) groups excluding carboxylic acids is 1. The molecule has 0 saturated carbocycles. The van der Waals surface area contributed by atoms with Crippen molar-refractivity contribution < 1.29 is 19.4 Å². The lowest BCUT2D eigenvalue weighted by Crippen LogP contribution is -2.19. The number of esters is 1. The molecule has 2 aromatic carbocycles. The molecular weight excluding hydrogens is 340 g/mol. The van der Waals surface area contributed by atoms with Crippen molar-refractivity contribution >= 4 is 17.3 Å². The fourth-order valence-electron chi connectivity index (χ4n) is 2.53. The van der Waals surface area contributed by atoms with Gasteiger partial charge in [-0.05, 0) is 24.5 Å². The molecule has 0 bridgehead atoms. The molecule has 8 heteroatoms. The van der Waals surface area contributed by atoms with Gasteiger partial charge in [-0.2, -0.15) is 0 Å². The highest BCUT2D eigenvalue weighted by Crippen LogP contribution is 2.44. The third-order valence-corrected chi connectivity index (χ3v) is 3.87. The fourth-order valence-corrected chi connectivity index (χ4v) is 2.53. The first-order valence-electron chi connectivity index (χ1n) is 7.78. The van der Waals surface area contributed by atoms with Crippen molar-refractivity contribution in [2.75, 3.05) is 0 Å². The number of hydrogen-bond acceptors (Lipinski definition) is 6. The van der Waals surface area contributed by atoms with Gasteiger partial charge < -0.3 is 4.74 Å². The molecule has 0 heterocycles. The second-order valence-corrected chi connectivity index (χ2v) is 6.77. The average molecular weight is 358 g/mol. The van der Waals surface area contributed by atoms with Crippen LogP contribution in [0.3, 0.4) is 0 Å². The Balaban J connectivity index is 2.73. The summed E-state index contributed by atoms with van der Waals surface area (Å²) in [4.78, 5) is 33.9. The Morgan fingerprint density at radius 3 is 2.08 bits per heavy atom. The van der Waals surface area contributed by atoms with Crippen LogP contribution in [0.5, 0.6) is 5.75 Å². The van der Waals surface area contributed by atoms with Gasteiger partial charge in [-0.1, -0.05) is 39.0 Å². The lowest BCUT2D eigenvalue weighted by molar-refractivity contribution is -0.395. The van der Waals surface area contributed by atoms with Gasteiger partial charge in [0, 0.05) is 11.6 Å². The average Bonchev–Trinajstić information content (AvgIpc) is 2.53. The van der Waals surface area contributed by atoms with Gasteiger partial charge in [0.1, 0.15) is 5.56 Å². The van der Waals surface area contributed by atoms with Gasteiger partial charge in [0.15, 0.2) is 0 Å². The summed E-state index contributed by atoms with van der Waals surface area (Å²) in [5.41, 5.74) is -1.42.